The van der Waals surface area contributed by atoms with Crippen molar-refractivity contribution in [3.63, 3.8) is 0 Å². The van der Waals surface area contributed by atoms with Gasteiger partial charge < -0.3 is 5.32 Å². The molecule has 6 heteroatoms. The van der Waals surface area contributed by atoms with Gasteiger partial charge in [-0.3, -0.25) is 4.79 Å². The summed E-state index contributed by atoms with van der Waals surface area (Å²) in [5.41, 5.74) is 0.0175. The molecular formula is C7H7F3N2O. The highest BCUT2D eigenvalue weighted by Crippen LogP contribution is 2.16. The van der Waals surface area contributed by atoms with E-state index in [2.05, 4.69) is 5.32 Å². The fraction of sp³-hybridized carbons (Fsp3) is 0.429. The monoisotopic (exact) mass is 192 g/mol. The molecule has 0 aromatic rings. The lowest BCUT2D eigenvalue weighted by Crippen LogP contribution is -2.22. The average molecular weight is 192 g/mol. The fourth-order valence-corrected chi connectivity index (χ4v) is 0.508. The van der Waals surface area contributed by atoms with Gasteiger partial charge in [-0.25, -0.2) is 0 Å². The molecule has 0 radical (unpaired) electrons. The van der Waals surface area contributed by atoms with Gasteiger partial charge in [0.25, 0.3) is 5.78 Å². The maximum absolute atomic E-state index is 11.6. The summed E-state index contributed by atoms with van der Waals surface area (Å²) in [7, 11) is 0. The zero-order valence-corrected chi connectivity index (χ0v) is 6.77. The van der Waals surface area contributed by atoms with E-state index in [1.165, 1.54) is 6.92 Å². The molecule has 0 aromatic carbocycles. The van der Waals surface area contributed by atoms with Crippen LogP contribution in [0.4, 0.5) is 13.2 Å². The van der Waals surface area contributed by atoms with Crippen molar-refractivity contribution in [3.8, 4) is 6.07 Å². The fourth-order valence-electron chi connectivity index (χ4n) is 0.508. The minimum absolute atomic E-state index is 0.0175. The van der Waals surface area contributed by atoms with E-state index in [1.807, 2.05) is 0 Å². The maximum Gasteiger partial charge on any atom is 0.454 e. The number of hydrogen-bond donors (Lipinski definition) is 1. The SMILES string of the molecule is C/C(=C/C(=O)C(F)(F)F)NCC#N. The van der Waals surface area contributed by atoms with Gasteiger partial charge >= 0.3 is 6.18 Å². The van der Waals surface area contributed by atoms with Gasteiger partial charge in [0.1, 0.15) is 6.54 Å². The molecule has 0 saturated heterocycles. The number of carbonyl (C=O) groups excluding carboxylic acids is 1. The van der Waals surface area contributed by atoms with Crippen LogP contribution in [0.25, 0.3) is 0 Å². The number of nitrogens with zero attached hydrogens (tertiary/aromatic N) is 1. The molecule has 0 aromatic heterocycles. The highest BCUT2D eigenvalue weighted by Gasteiger charge is 2.36. The molecule has 0 atom stereocenters. The molecule has 72 valence electrons. The Morgan fingerprint density at radius 1 is 1.62 bits per heavy atom. The minimum atomic E-state index is -4.85. The largest absolute Gasteiger partial charge is 0.454 e. The summed E-state index contributed by atoms with van der Waals surface area (Å²) >= 11 is 0. The third kappa shape index (κ3) is 4.85. The number of carbonyl (C=O) groups is 1. The molecule has 0 unspecified atom stereocenters. The first-order valence-electron chi connectivity index (χ1n) is 3.28. The highest BCUT2D eigenvalue weighted by molar-refractivity contribution is 5.94. The third-order valence-corrected chi connectivity index (χ3v) is 1.07. The quantitative estimate of drug-likeness (QED) is 0.538. The second-order valence-corrected chi connectivity index (χ2v) is 2.20. The first kappa shape index (κ1) is 11.5. The van der Waals surface area contributed by atoms with Crippen molar-refractivity contribution < 1.29 is 18.0 Å². The molecule has 0 amide bonds. The predicted molar refractivity (Wildman–Crippen MR) is 38.4 cm³/mol. The van der Waals surface area contributed by atoms with Crippen molar-refractivity contribution in [2.24, 2.45) is 0 Å². The standard InChI is InChI=1S/C7H7F3N2O/c1-5(12-3-2-11)4-6(13)7(8,9)10/h4,12H,3H2,1H3/b5-4-. The second-order valence-electron chi connectivity index (χ2n) is 2.20. The number of ketones is 1. The molecule has 0 aliphatic rings. The van der Waals surface area contributed by atoms with Crippen LogP contribution in [0.2, 0.25) is 0 Å². The number of rotatable bonds is 3. The Bertz CT molecular complexity index is 262. The lowest BCUT2D eigenvalue weighted by molar-refractivity contribution is -0.165. The van der Waals surface area contributed by atoms with Crippen LogP contribution in [-0.2, 0) is 4.79 Å². The predicted octanol–water partition coefficient (Wildman–Crippen LogP) is 1.13. The van der Waals surface area contributed by atoms with Gasteiger partial charge in [0.05, 0.1) is 6.07 Å². The Balaban J connectivity index is 4.25. The molecule has 0 aliphatic heterocycles. The second kappa shape index (κ2) is 4.50. The van der Waals surface area contributed by atoms with E-state index < -0.39 is 12.0 Å². The van der Waals surface area contributed by atoms with E-state index >= 15 is 0 Å². The van der Waals surface area contributed by atoms with Crippen LogP contribution in [0.5, 0.6) is 0 Å². The zero-order valence-electron chi connectivity index (χ0n) is 6.77. The van der Waals surface area contributed by atoms with Crippen LogP contribution in [-0.4, -0.2) is 18.5 Å². The van der Waals surface area contributed by atoms with Crippen molar-refractivity contribution in [1.82, 2.24) is 5.32 Å². The Hall–Kier alpha value is -1.51. The van der Waals surface area contributed by atoms with Crippen molar-refractivity contribution >= 4 is 5.78 Å². The number of alkyl halides is 3. The van der Waals surface area contributed by atoms with E-state index in [4.69, 9.17) is 5.26 Å². The third-order valence-electron chi connectivity index (χ3n) is 1.07. The number of hydrogen-bond acceptors (Lipinski definition) is 3. The lowest BCUT2D eigenvalue weighted by Gasteiger charge is -2.03. The number of nitrogens with one attached hydrogen (secondary N) is 1. The van der Waals surface area contributed by atoms with E-state index in [9.17, 15) is 18.0 Å². The Labute approximate surface area is 72.8 Å². The Morgan fingerprint density at radius 2 is 2.15 bits per heavy atom. The smallest absolute Gasteiger partial charge is 0.376 e. The van der Waals surface area contributed by atoms with Crippen molar-refractivity contribution in [2.45, 2.75) is 13.1 Å². The molecule has 3 nitrogen and oxygen atoms in total. The average Bonchev–Trinajstić information content (AvgIpc) is 1.99. The van der Waals surface area contributed by atoms with Crippen LogP contribution in [0.3, 0.4) is 0 Å². The van der Waals surface area contributed by atoms with Crippen LogP contribution in [0, 0.1) is 11.3 Å². The van der Waals surface area contributed by atoms with E-state index in [0.29, 0.717) is 6.08 Å². The van der Waals surface area contributed by atoms with Gasteiger partial charge in [-0.1, -0.05) is 0 Å². The topological polar surface area (TPSA) is 52.9 Å². The summed E-state index contributed by atoms with van der Waals surface area (Å²) in [5.74, 6) is -1.93. The molecule has 0 fully saturated rings. The van der Waals surface area contributed by atoms with Gasteiger partial charge in [0.2, 0.25) is 0 Å². The molecular weight excluding hydrogens is 185 g/mol. The van der Waals surface area contributed by atoms with Gasteiger partial charge in [-0.05, 0) is 6.92 Å². The summed E-state index contributed by atoms with van der Waals surface area (Å²) in [5, 5.41) is 10.4. The van der Waals surface area contributed by atoms with Crippen LogP contribution in [0.1, 0.15) is 6.92 Å². The zero-order chi connectivity index (χ0) is 10.5. The summed E-state index contributed by atoms with van der Waals surface area (Å²) in [4.78, 5) is 10.3. The van der Waals surface area contributed by atoms with Gasteiger partial charge in [-0.15, -0.1) is 0 Å². The van der Waals surface area contributed by atoms with Crippen molar-refractivity contribution in [3.05, 3.63) is 11.8 Å². The highest BCUT2D eigenvalue weighted by atomic mass is 19.4. The summed E-state index contributed by atoms with van der Waals surface area (Å²) in [6.45, 7) is 1.15. The molecule has 0 rings (SSSR count). The molecule has 0 aliphatic carbocycles. The molecule has 0 heterocycles. The molecule has 1 N–H and O–H groups in total. The number of halogens is 3. The van der Waals surface area contributed by atoms with E-state index in [1.54, 1.807) is 6.07 Å². The summed E-state index contributed by atoms with van der Waals surface area (Å²) < 4.78 is 34.9. The van der Waals surface area contributed by atoms with Crippen molar-refractivity contribution in [2.75, 3.05) is 6.54 Å². The summed E-state index contributed by atoms with van der Waals surface area (Å²) in [6, 6.07) is 1.67. The Morgan fingerprint density at radius 3 is 2.54 bits per heavy atom. The van der Waals surface area contributed by atoms with Gasteiger partial charge in [0.15, 0.2) is 0 Å². The molecule has 0 spiro atoms. The van der Waals surface area contributed by atoms with Gasteiger partial charge in [0, 0.05) is 11.8 Å². The first-order chi connectivity index (χ1) is 5.88. The maximum atomic E-state index is 11.6. The summed E-state index contributed by atoms with van der Waals surface area (Å²) in [6.07, 6.45) is -4.44. The van der Waals surface area contributed by atoms with Gasteiger partial charge in [-0.2, -0.15) is 18.4 Å². The molecule has 0 bridgehead atoms. The van der Waals surface area contributed by atoms with Crippen LogP contribution in [0.15, 0.2) is 11.8 Å². The number of nitriles is 1. The Kier molecular flexibility index (Phi) is 3.98. The van der Waals surface area contributed by atoms with E-state index in [-0.39, 0.29) is 12.2 Å². The van der Waals surface area contributed by atoms with Crippen LogP contribution >= 0.6 is 0 Å². The molecule has 0 saturated carbocycles. The van der Waals surface area contributed by atoms with E-state index in [0.717, 1.165) is 0 Å². The normalized spacial score (nSPS) is 12.1. The minimum Gasteiger partial charge on any atom is -0.376 e. The van der Waals surface area contributed by atoms with Crippen molar-refractivity contribution in [1.29, 1.82) is 5.26 Å². The van der Waals surface area contributed by atoms with Crippen LogP contribution < -0.4 is 5.32 Å². The first-order valence-corrected chi connectivity index (χ1v) is 3.28. The molecule has 13 heavy (non-hydrogen) atoms. The lowest BCUT2D eigenvalue weighted by atomic mass is 10.3. The number of allylic oxidation sites excluding steroid dienone is 2.